The van der Waals surface area contributed by atoms with Crippen molar-refractivity contribution in [3.63, 3.8) is 0 Å². The molecule has 2 N–H and O–H groups in total. The van der Waals surface area contributed by atoms with E-state index in [0.29, 0.717) is 13.2 Å². The maximum Gasteiger partial charge on any atom is 0.231 e. The summed E-state index contributed by atoms with van der Waals surface area (Å²) in [5.74, 6) is 0. The van der Waals surface area contributed by atoms with Gasteiger partial charge < -0.3 is 4.43 Å². The molecule has 0 aliphatic carbocycles. The molecule has 0 bridgehead atoms. The van der Waals surface area contributed by atoms with Crippen LogP contribution in [0.2, 0.25) is 18.1 Å². The van der Waals surface area contributed by atoms with Crippen LogP contribution in [-0.2, 0) is 15.7 Å². The van der Waals surface area contributed by atoms with Gasteiger partial charge in [-0.2, -0.15) is 0 Å². The molecule has 0 spiro atoms. The van der Waals surface area contributed by atoms with Crippen molar-refractivity contribution in [2.24, 2.45) is 0 Å². The van der Waals surface area contributed by atoms with Gasteiger partial charge in [-0.25, -0.2) is 8.93 Å². The molecular weight excluding hydrogens is 218 g/mol. The van der Waals surface area contributed by atoms with Crippen molar-refractivity contribution < 1.29 is 13.2 Å². The molecule has 0 aromatic carbocycles. The van der Waals surface area contributed by atoms with E-state index in [-0.39, 0.29) is 5.04 Å². The summed E-state index contributed by atoms with van der Waals surface area (Å²) >= 11 is -1.93. The molecular formula is C8H21NO3SSi. The molecule has 6 heteroatoms. The maximum atomic E-state index is 10.3. The predicted octanol–water partition coefficient (Wildman–Crippen LogP) is 1.73. The van der Waals surface area contributed by atoms with E-state index in [9.17, 15) is 4.21 Å². The maximum absolute atomic E-state index is 10.3. The molecule has 0 fully saturated rings. The normalized spacial score (nSPS) is 15.6. The molecule has 0 amide bonds. The molecule has 0 rings (SSSR count). The van der Waals surface area contributed by atoms with Crippen molar-refractivity contribution in [1.82, 2.24) is 4.72 Å². The summed E-state index contributed by atoms with van der Waals surface area (Å²) in [7, 11) is -1.70. The van der Waals surface area contributed by atoms with Gasteiger partial charge in [0.15, 0.2) is 8.32 Å². The first kappa shape index (κ1) is 14.2. The van der Waals surface area contributed by atoms with Gasteiger partial charge in [-0.1, -0.05) is 20.8 Å². The van der Waals surface area contributed by atoms with Gasteiger partial charge in [0.05, 0.1) is 0 Å². The van der Waals surface area contributed by atoms with Crippen molar-refractivity contribution in [3.05, 3.63) is 0 Å². The SMILES string of the molecule is CC(C)(C)[Si](C)(C)OCCNS(=O)O. The van der Waals surface area contributed by atoms with Crippen LogP contribution in [0.5, 0.6) is 0 Å². The minimum Gasteiger partial charge on any atom is -0.415 e. The molecule has 86 valence electrons. The van der Waals surface area contributed by atoms with Crippen LogP contribution in [0.25, 0.3) is 0 Å². The highest BCUT2D eigenvalue weighted by Crippen LogP contribution is 2.36. The van der Waals surface area contributed by atoms with Crippen LogP contribution >= 0.6 is 0 Å². The molecule has 0 radical (unpaired) electrons. The van der Waals surface area contributed by atoms with Gasteiger partial charge in [0.1, 0.15) is 0 Å². The quantitative estimate of drug-likeness (QED) is 0.436. The van der Waals surface area contributed by atoms with E-state index in [4.69, 9.17) is 8.98 Å². The third-order valence-corrected chi connectivity index (χ3v) is 7.59. The van der Waals surface area contributed by atoms with Crippen LogP contribution in [-0.4, -0.2) is 30.2 Å². The first-order chi connectivity index (χ1) is 6.17. The van der Waals surface area contributed by atoms with E-state index in [0.717, 1.165) is 0 Å². The Morgan fingerprint density at radius 1 is 1.43 bits per heavy atom. The topological polar surface area (TPSA) is 58.6 Å². The van der Waals surface area contributed by atoms with Crippen LogP contribution < -0.4 is 4.72 Å². The molecule has 0 aromatic rings. The van der Waals surface area contributed by atoms with Gasteiger partial charge in [-0.15, -0.1) is 0 Å². The van der Waals surface area contributed by atoms with Crippen LogP contribution in [0.4, 0.5) is 0 Å². The van der Waals surface area contributed by atoms with Gasteiger partial charge in [-0.05, 0) is 18.1 Å². The Bertz CT molecular complexity index is 203. The summed E-state index contributed by atoms with van der Waals surface area (Å²) in [4.78, 5) is 0. The fourth-order valence-electron chi connectivity index (χ4n) is 0.652. The largest absolute Gasteiger partial charge is 0.415 e. The number of hydrogen-bond donors (Lipinski definition) is 2. The second-order valence-electron chi connectivity index (χ2n) is 4.75. The van der Waals surface area contributed by atoms with Crippen molar-refractivity contribution in [2.75, 3.05) is 13.2 Å². The molecule has 0 saturated heterocycles. The Hall–Kier alpha value is 0.247. The fraction of sp³-hybridized carbons (Fsp3) is 1.00. The minimum atomic E-state index is -1.93. The van der Waals surface area contributed by atoms with E-state index in [1.165, 1.54) is 0 Å². The second kappa shape index (κ2) is 5.36. The number of rotatable bonds is 5. The Balaban J connectivity index is 3.83. The van der Waals surface area contributed by atoms with E-state index in [1.54, 1.807) is 0 Å². The zero-order valence-corrected chi connectivity index (χ0v) is 11.4. The summed E-state index contributed by atoms with van der Waals surface area (Å²) < 4.78 is 26.9. The highest BCUT2D eigenvalue weighted by atomic mass is 32.2. The Labute approximate surface area is 90.0 Å². The molecule has 0 heterocycles. The molecule has 1 unspecified atom stereocenters. The summed E-state index contributed by atoms with van der Waals surface area (Å²) in [5.41, 5.74) is 0. The van der Waals surface area contributed by atoms with E-state index in [2.05, 4.69) is 38.6 Å². The molecule has 0 aromatic heterocycles. The molecule has 1 atom stereocenters. The van der Waals surface area contributed by atoms with Gasteiger partial charge in [-0.3, -0.25) is 4.55 Å². The van der Waals surface area contributed by atoms with E-state index >= 15 is 0 Å². The molecule has 4 nitrogen and oxygen atoms in total. The minimum absolute atomic E-state index is 0.186. The third-order valence-electron chi connectivity index (χ3n) is 2.60. The first-order valence-corrected chi connectivity index (χ1v) is 8.66. The summed E-state index contributed by atoms with van der Waals surface area (Å²) in [5, 5.41) is 0.186. The number of hydrogen-bond acceptors (Lipinski definition) is 2. The summed E-state index contributed by atoms with van der Waals surface area (Å²) in [6.07, 6.45) is 0. The van der Waals surface area contributed by atoms with Crippen molar-refractivity contribution >= 4 is 19.6 Å². The van der Waals surface area contributed by atoms with Crippen molar-refractivity contribution in [2.45, 2.75) is 38.9 Å². The van der Waals surface area contributed by atoms with E-state index < -0.39 is 19.6 Å². The smallest absolute Gasteiger partial charge is 0.231 e. The standard InChI is InChI=1S/C8H21NO3SSi/c1-8(2,3)14(4,5)12-7-6-9-13(10)11/h9H,6-7H2,1-5H3,(H,10,11). The lowest BCUT2D eigenvalue weighted by molar-refractivity contribution is 0.293. The second-order valence-corrected chi connectivity index (χ2v) is 10.3. The molecule has 0 saturated carbocycles. The zero-order chi connectivity index (χ0) is 11.4. The number of nitrogens with one attached hydrogen (secondary N) is 1. The Morgan fingerprint density at radius 3 is 2.29 bits per heavy atom. The molecule has 0 aliphatic rings. The molecule has 0 aliphatic heterocycles. The van der Waals surface area contributed by atoms with Crippen LogP contribution in [0.15, 0.2) is 0 Å². The van der Waals surface area contributed by atoms with Crippen molar-refractivity contribution in [3.8, 4) is 0 Å². The average molecular weight is 239 g/mol. The average Bonchev–Trinajstić information content (AvgIpc) is 1.95. The lowest BCUT2D eigenvalue weighted by Crippen LogP contribution is -2.42. The summed E-state index contributed by atoms with van der Waals surface area (Å²) in [6, 6.07) is 0. The van der Waals surface area contributed by atoms with Crippen LogP contribution in [0.3, 0.4) is 0 Å². The van der Waals surface area contributed by atoms with Crippen LogP contribution in [0, 0.1) is 0 Å². The molecule has 14 heavy (non-hydrogen) atoms. The first-order valence-electron chi connectivity index (χ1n) is 4.65. The lowest BCUT2D eigenvalue weighted by Gasteiger charge is -2.36. The Morgan fingerprint density at radius 2 is 1.93 bits per heavy atom. The van der Waals surface area contributed by atoms with Gasteiger partial charge in [0.2, 0.25) is 11.3 Å². The van der Waals surface area contributed by atoms with Gasteiger partial charge in [0, 0.05) is 13.2 Å². The predicted molar refractivity (Wildman–Crippen MR) is 61.9 cm³/mol. The Kier molecular flexibility index (Phi) is 5.46. The highest BCUT2D eigenvalue weighted by Gasteiger charge is 2.36. The monoisotopic (exact) mass is 239 g/mol. The zero-order valence-electron chi connectivity index (χ0n) is 9.59. The fourth-order valence-corrected chi connectivity index (χ4v) is 1.96. The van der Waals surface area contributed by atoms with E-state index in [1.807, 2.05) is 0 Å². The van der Waals surface area contributed by atoms with Gasteiger partial charge in [0.25, 0.3) is 0 Å². The van der Waals surface area contributed by atoms with Crippen molar-refractivity contribution in [1.29, 1.82) is 0 Å². The van der Waals surface area contributed by atoms with Gasteiger partial charge >= 0.3 is 0 Å². The van der Waals surface area contributed by atoms with Crippen LogP contribution in [0.1, 0.15) is 20.8 Å². The lowest BCUT2D eigenvalue weighted by atomic mass is 10.2. The summed E-state index contributed by atoms with van der Waals surface area (Å²) in [6.45, 7) is 11.7. The highest BCUT2D eigenvalue weighted by molar-refractivity contribution is 7.77. The third kappa shape index (κ3) is 5.21.